The molecule has 8 nitrogen and oxygen atoms in total. The van der Waals surface area contributed by atoms with Crippen LogP contribution in [0.5, 0.6) is 0 Å². The Morgan fingerprint density at radius 1 is 0.349 bits per heavy atom. The van der Waals surface area contributed by atoms with Crippen molar-refractivity contribution in [3.63, 3.8) is 0 Å². The first-order valence-corrected chi connectivity index (χ1v) is 35.7. The molecule has 9 aromatic carbocycles. The molecule has 0 bridgehead atoms. The van der Waals surface area contributed by atoms with Crippen molar-refractivity contribution in [3.05, 3.63) is 252 Å². The molecule has 0 saturated carbocycles. The van der Waals surface area contributed by atoms with Gasteiger partial charge in [-0.15, -0.1) is 22.7 Å². The Labute approximate surface area is 525 Å². The van der Waals surface area contributed by atoms with Crippen LogP contribution in [0.1, 0.15) is 94.2 Å². The van der Waals surface area contributed by atoms with E-state index in [0.29, 0.717) is 14.7 Å². The van der Waals surface area contributed by atoms with Crippen LogP contribution in [0, 0.1) is 0 Å². The van der Waals surface area contributed by atoms with E-state index in [1.54, 1.807) is 65.3 Å². The maximum Gasteiger partial charge on any atom is 0.207 e. The normalized spacial score (nSPS) is 12.9. The Hall–Kier alpha value is -7.24. The van der Waals surface area contributed by atoms with Crippen molar-refractivity contribution in [2.75, 3.05) is 0 Å². The molecule has 0 fully saturated rings. The first-order chi connectivity index (χ1) is 41.1. The molecule has 6 heterocycles. The Morgan fingerprint density at radius 3 is 1.19 bits per heavy atom. The van der Waals surface area contributed by atoms with Crippen LogP contribution in [0.15, 0.2) is 270 Å². The Kier molecular flexibility index (Phi) is 33.7. The van der Waals surface area contributed by atoms with Crippen LogP contribution in [0.3, 0.4) is 0 Å². The average molecular weight is 1270 g/mol. The third kappa shape index (κ3) is 18.4. The van der Waals surface area contributed by atoms with Gasteiger partial charge >= 0.3 is 0 Å². The average Bonchev–Trinajstić information content (AvgIpc) is 3.05. The lowest BCUT2D eigenvalue weighted by atomic mass is 10.1. The first-order valence-electron chi connectivity index (χ1n) is 28.6. The maximum absolute atomic E-state index is 12.1. The summed E-state index contributed by atoms with van der Waals surface area (Å²) >= 11 is 3.65. The van der Waals surface area contributed by atoms with Crippen molar-refractivity contribution in [1.29, 1.82) is 0 Å². The topological polar surface area (TPSA) is 165 Å². The molecule has 15 rings (SSSR count). The van der Waals surface area contributed by atoms with Crippen molar-refractivity contribution in [2.45, 2.75) is 112 Å². The summed E-state index contributed by atoms with van der Waals surface area (Å²) in [5.74, 6) is 0. The summed E-state index contributed by atoms with van der Waals surface area (Å²) in [5.41, 5.74) is 5.72. The van der Waals surface area contributed by atoms with Gasteiger partial charge in [-0.3, -0.25) is 0 Å². The van der Waals surface area contributed by atoms with Gasteiger partial charge in [-0.25, -0.2) is 25.3 Å². The first kappa shape index (κ1) is 74.9. The zero-order chi connectivity index (χ0) is 61.7. The molecule has 4 aliphatic heterocycles. The highest BCUT2D eigenvalue weighted by Crippen LogP contribution is 2.43. The molecule has 4 N–H and O–H groups in total. The number of benzene rings is 9. The van der Waals surface area contributed by atoms with Gasteiger partial charge in [0.1, 0.15) is 0 Å². The monoisotopic (exact) mass is 1270 g/mol. The summed E-state index contributed by atoms with van der Waals surface area (Å²) in [7, 11) is -8.20. The van der Waals surface area contributed by atoms with Crippen molar-refractivity contribution in [1.82, 2.24) is 0 Å². The van der Waals surface area contributed by atoms with Crippen LogP contribution in [-0.4, -0.2) is 36.2 Å². The van der Waals surface area contributed by atoms with Gasteiger partial charge in [-0.2, -0.15) is 0 Å². The molecular formula is C72H82O8S6. The van der Waals surface area contributed by atoms with Gasteiger partial charge in [0.15, 0.2) is 9.84 Å². The molecule has 454 valence electrons. The maximum atomic E-state index is 12.1. The van der Waals surface area contributed by atoms with Crippen molar-refractivity contribution in [2.24, 2.45) is 0 Å². The Balaban J connectivity index is 0.000000340. The zero-order valence-corrected chi connectivity index (χ0v) is 56.0. The van der Waals surface area contributed by atoms with Crippen LogP contribution >= 0.6 is 22.7 Å². The molecule has 1 unspecified atom stereocenters. The summed E-state index contributed by atoms with van der Waals surface area (Å²) in [6.07, 6.45) is 3.51. The predicted octanol–water partition coefficient (Wildman–Crippen LogP) is 20.0. The second kappa shape index (κ2) is 38.7. The predicted molar refractivity (Wildman–Crippen MR) is 375 cm³/mol. The minimum Gasteiger partial charge on any atom is -0.412 e. The van der Waals surface area contributed by atoms with Gasteiger partial charge in [0.25, 0.3) is 0 Å². The van der Waals surface area contributed by atoms with Crippen LogP contribution in [0.25, 0.3) is 64.7 Å². The quantitative estimate of drug-likeness (QED) is 0.147. The van der Waals surface area contributed by atoms with Crippen molar-refractivity contribution < 1.29 is 36.2 Å². The molecular weight excluding hydrogens is 1190 g/mol. The van der Waals surface area contributed by atoms with E-state index in [2.05, 4.69) is 84.2 Å². The summed E-state index contributed by atoms with van der Waals surface area (Å²) in [5, 5.41) is 9.17. The third-order valence-electron chi connectivity index (χ3n) is 11.9. The summed E-state index contributed by atoms with van der Waals surface area (Å²) in [4.78, 5) is 4.07. The summed E-state index contributed by atoms with van der Waals surface area (Å²) in [6, 6.07) is 72.3. The number of thiophene rings is 2. The molecule has 0 amide bonds. The van der Waals surface area contributed by atoms with E-state index < -0.39 is 41.3 Å². The second-order valence-corrected chi connectivity index (χ2v) is 24.8. The molecule has 2 aromatic heterocycles. The number of hydrogen-bond donors (Lipinski definition) is 0. The smallest absolute Gasteiger partial charge is 0.207 e. The van der Waals surface area contributed by atoms with Crippen molar-refractivity contribution in [3.8, 4) is 22.3 Å². The van der Waals surface area contributed by atoms with Crippen LogP contribution in [-0.2, 0) is 41.3 Å². The van der Waals surface area contributed by atoms with E-state index in [1.165, 1.54) is 35.7 Å². The fraction of sp³-hybridized carbons (Fsp3) is 0.167. The largest absolute Gasteiger partial charge is 0.412 e. The summed E-state index contributed by atoms with van der Waals surface area (Å²) in [6.45, 7) is 24.0. The molecule has 0 aliphatic carbocycles. The molecule has 4 aliphatic rings. The molecule has 86 heavy (non-hydrogen) atoms. The van der Waals surface area contributed by atoms with E-state index in [-0.39, 0.29) is 11.0 Å². The van der Waals surface area contributed by atoms with Crippen LogP contribution < -0.4 is 0 Å². The minimum atomic E-state index is -3.26. The highest BCUT2D eigenvalue weighted by molar-refractivity contribution is 7.95. The number of sulfone groups is 2. The van der Waals surface area contributed by atoms with E-state index in [4.69, 9.17) is 0 Å². The molecule has 0 radical (unpaired) electrons. The fourth-order valence-electron chi connectivity index (χ4n) is 8.49. The van der Waals surface area contributed by atoms with E-state index in [0.717, 1.165) is 48.1 Å². The van der Waals surface area contributed by atoms with Gasteiger partial charge in [-0.1, -0.05) is 247 Å². The van der Waals surface area contributed by atoms with Crippen molar-refractivity contribution >= 4 is 106 Å². The number of fused-ring (bicyclic) bond motifs is 12. The van der Waals surface area contributed by atoms with E-state index >= 15 is 0 Å². The van der Waals surface area contributed by atoms with Gasteiger partial charge in [-0.05, 0) is 106 Å². The molecule has 14 heteroatoms. The molecule has 11 aromatic rings. The minimum absolute atomic E-state index is 0. The molecule has 0 spiro atoms. The second-order valence-electron chi connectivity index (χ2n) is 16.3. The summed E-state index contributed by atoms with van der Waals surface area (Å²) < 4.78 is 73.7. The highest BCUT2D eigenvalue weighted by Gasteiger charge is 2.31. The molecule has 1 atom stereocenters. The lowest BCUT2D eigenvalue weighted by Crippen LogP contribution is -1.95. The SMILES string of the molecule is CC.CC.CC.CC.CC.CC.O.O.O=S1(=O)C=Cc2ccccc21.O=S1(=O)c2ccccc2-c2ccccc21.O=S1C=Cc2ccccc21.O=S1c2ccccc2-c2ccccc21.c1ccc2c(c1)sc1ccccc12.c1ccc2sccc2c1. The van der Waals surface area contributed by atoms with Crippen LogP contribution in [0.2, 0.25) is 0 Å². The third-order valence-corrected chi connectivity index (χ3v) is 20.0. The van der Waals surface area contributed by atoms with Gasteiger partial charge < -0.3 is 11.0 Å². The Bertz CT molecular complexity index is 3980. The zero-order valence-electron chi connectivity index (χ0n) is 51.1. The number of rotatable bonds is 0. The van der Waals surface area contributed by atoms with E-state index in [1.807, 2.05) is 204 Å². The highest BCUT2D eigenvalue weighted by atomic mass is 32.2. The molecule has 0 saturated heterocycles. The number of hydrogen-bond acceptors (Lipinski definition) is 8. The van der Waals surface area contributed by atoms with E-state index in [9.17, 15) is 25.3 Å². The van der Waals surface area contributed by atoms with Gasteiger partial charge in [0.05, 0.1) is 51.0 Å². The lowest BCUT2D eigenvalue weighted by molar-refractivity contribution is 0.598. The van der Waals surface area contributed by atoms with Gasteiger partial charge in [0, 0.05) is 46.8 Å². The fourth-order valence-corrected chi connectivity index (χ4v) is 15.7. The standard InChI is InChI=1S/C12H8O2S.C12H8OS.C12H8S.C8H6O2S.C8H6OS.C8H6S.6C2H6.2H2O/c13-15(14)11-7-3-1-5-9(11)10-6-2-4-8-12(10)15;13-14-11-7-3-1-5-9(11)10-6-2-4-8-12(10)14;1-3-7-11-9(5-1)10-6-2-4-8-12(10)13-11;9-11(10)6-5-7-3-1-2-4-8(7)11;9-10-6-5-7-3-1-2-4-8(7)10;1-2-4-8-7(3-1)5-6-9-8;6*1-2;;/h1-8H;1-8H;1-8H;1-6H;1-6H;1-6H;6*1-2H3;2*1H2. The Morgan fingerprint density at radius 2 is 0.721 bits per heavy atom. The lowest BCUT2D eigenvalue weighted by Gasteiger charge is -1.95. The van der Waals surface area contributed by atoms with Gasteiger partial charge in [0.2, 0.25) is 9.84 Å². The van der Waals surface area contributed by atoms with Crippen LogP contribution in [0.4, 0.5) is 0 Å².